The van der Waals surface area contributed by atoms with Gasteiger partial charge in [-0.1, -0.05) is 0 Å². The average Bonchev–Trinajstić information content (AvgIpc) is 2.28. The molecule has 116 valence electrons. The van der Waals surface area contributed by atoms with Crippen LogP contribution in [0, 0.1) is 5.41 Å². The molecule has 0 aromatic heterocycles. The SMILES string of the molecule is N=CN(C(N)=O)c1cc(C(F)(F)F)cc(C(F)(F)F)c1O. The van der Waals surface area contributed by atoms with E-state index in [9.17, 15) is 36.2 Å². The molecule has 2 amide bonds. The molecule has 0 bridgehead atoms. The molecule has 11 heteroatoms. The van der Waals surface area contributed by atoms with E-state index in [4.69, 9.17) is 11.1 Å². The Hall–Kier alpha value is -2.46. The van der Waals surface area contributed by atoms with Crippen LogP contribution in [0.3, 0.4) is 0 Å². The van der Waals surface area contributed by atoms with Crippen molar-refractivity contribution in [3.05, 3.63) is 23.3 Å². The molecule has 0 unspecified atom stereocenters. The molecule has 0 aliphatic heterocycles. The van der Waals surface area contributed by atoms with Crippen molar-refractivity contribution >= 4 is 18.1 Å². The highest BCUT2D eigenvalue weighted by Crippen LogP contribution is 2.44. The van der Waals surface area contributed by atoms with Gasteiger partial charge < -0.3 is 10.8 Å². The fraction of sp³-hybridized carbons (Fsp3) is 0.200. The van der Waals surface area contributed by atoms with Crippen LogP contribution in [0.1, 0.15) is 11.1 Å². The summed E-state index contributed by atoms with van der Waals surface area (Å²) >= 11 is 0. The average molecular weight is 315 g/mol. The number of carbonyl (C=O) groups is 1. The van der Waals surface area contributed by atoms with Gasteiger partial charge >= 0.3 is 18.4 Å². The third-order valence-electron chi connectivity index (χ3n) is 2.35. The molecule has 4 N–H and O–H groups in total. The van der Waals surface area contributed by atoms with Gasteiger partial charge in [0.2, 0.25) is 0 Å². The zero-order chi connectivity index (χ0) is 16.6. The Morgan fingerprint density at radius 3 is 2.05 bits per heavy atom. The minimum absolute atomic E-state index is 0.0557. The first-order valence-electron chi connectivity index (χ1n) is 5.00. The standard InChI is InChI=1S/C10H7F6N3O2/c11-9(12,13)4-1-5(10(14,15)16)7(20)6(2-4)19(3-17)8(18)21/h1-3,17,20H,(H2,18,21). The fourth-order valence-electron chi connectivity index (χ4n) is 1.43. The third-order valence-corrected chi connectivity index (χ3v) is 2.35. The van der Waals surface area contributed by atoms with E-state index in [1.54, 1.807) is 0 Å². The summed E-state index contributed by atoms with van der Waals surface area (Å²) < 4.78 is 75.7. The number of hydrogen-bond acceptors (Lipinski definition) is 3. The van der Waals surface area contributed by atoms with E-state index in [1.165, 1.54) is 0 Å². The van der Waals surface area contributed by atoms with Crippen molar-refractivity contribution < 1.29 is 36.2 Å². The number of benzene rings is 1. The lowest BCUT2D eigenvalue weighted by molar-refractivity contribution is -0.143. The number of nitrogens with zero attached hydrogens (tertiary/aromatic N) is 1. The van der Waals surface area contributed by atoms with Crippen LogP contribution in [0.25, 0.3) is 0 Å². The number of rotatable bonds is 2. The molecule has 1 aromatic carbocycles. The summed E-state index contributed by atoms with van der Waals surface area (Å²) in [4.78, 5) is 10.9. The van der Waals surface area contributed by atoms with Gasteiger partial charge in [0.25, 0.3) is 0 Å². The van der Waals surface area contributed by atoms with Crippen molar-refractivity contribution in [1.82, 2.24) is 0 Å². The van der Waals surface area contributed by atoms with Crippen LogP contribution in [-0.2, 0) is 12.4 Å². The molecule has 1 rings (SSSR count). The number of urea groups is 1. The van der Waals surface area contributed by atoms with Crippen LogP contribution in [-0.4, -0.2) is 17.5 Å². The Morgan fingerprint density at radius 2 is 1.71 bits per heavy atom. The molecular weight excluding hydrogens is 308 g/mol. The van der Waals surface area contributed by atoms with Gasteiger partial charge in [0.1, 0.15) is 5.56 Å². The summed E-state index contributed by atoms with van der Waals surface area (Å²) in [6.45, 7) is 0. The Balaban J connectivity index is 3.71. The predicted octanol–water partition coefficient (Wildman–Crippen LogP) is 2.92. The van der Waals surface area contributed by atoms with Crippen molar-refractivity contribution in [2.24, 2.45) is 5.73 Å². The number of phenolic OH excluding ortho intramolecular Hbond substituents is 1. The Morgan fingerprint density at radius 1 is 1.19 bits per heavy atom. The van der Waals surface area contributed by atoms with E-state index in [1.807, 2.05) is 0 Å². The first-order chi connectivity index (χ1) is 9.39. The van der Waals surface area contributed by atoms with E-state index >= 15 is 0 Å². The lowest BCUT2D eigenvalue weighted by atomic mass is 10.1. The molecule has 0 heterocycles. The van der Waals surface area contributed by atoms with Crippen LogP contribution in [0.4, 0.5) is 36.8 Å². The number of phenols is 1. The second kappa shape index (κ2) is 5.14. The van der Waals surface area contributed by atoms with Gasteiger partial charge in [0, 0.05) is 0 Å². The van der Waals surface area contributed by atoms with E-state index in [2.05, 4.69) is 0 Å². The van der Waals surface area contributed by atoms with Crippen LogP contribution >= 0.6 is 0 Å². The number of nitrogens with one attached hydrogen (secondary N) is 1. The highest BCUT2D eigenvalue weighted by atomic mass is 19.4. The number of alkyl halides is 6. The van der Waals surface area contributed by atoms with Gasteiger partial charge in [-0.3, -0.25) is 10.3 Å². The van der Waals surface area contributed by atoms with Gasteiger partial charge in [0.05, 0.1) is 17.6 Å². The quantitative estimate of drug-likeness (QED) is 0.445. The van der Waals surface area contributed by atoms with Crippen molar-refractivity contribution in [2.75, 3.05) is 4.90 Å². The van der Waals surface area contributed by atoms with E-state index in [0.29, 0.717) is 0 Å². The summed E-state index contributed by atoms with van der Waals surface area (Å²) in [5.41, 5.74) is -0.220. The molecule has 5 nitrogen and oxygen atoms in total. The third kappa shape index (κ3) is 3.35. The zero-order valence-electron chi connectivity index (χ0n) is 9.88. The first kappa shape index (κ1) is 16.6. The summed E-state index contributed by atoms with van der Waals surface area (Å²) in [5.74, 6) is -1.64. The molecule has 0 saturated heterocycles. The van der Waals surface area contributed by atoms with Gasteiger partial charge in [0.15, 0.2) is 5.75 Å². The summed E-state index contributed by atoms with van der Waals surface area (Å²) in [5, 5.41) is 16.2. The number of anilines is 1. The summed E-state index contributed by atoms with van der Waals surface area (Å²) in [7, 11) is 0. The number of aromatic hydroxyl groups is 1. The number of amides is 2. The second-order valence-electron chi connectivity index (χ2n) is 3.72. The number of nitrogens with two attached hydrogens (primary N) is 1. The summed E-state index contributed by atoms with van der Waals surface area (Å²) in [6, 6.07) is -1.75. The smallest absolute Gasteiger partial charge is 0.420 e. The van der Waals surface area contributed by atoms with Gasteiger partial charge in [-0.15, -0.1) is 0 Å². The molecule has 0 saturated carbocycles. The maximum Gasteiger partial charge on any atom is 0.420 e. The topological polar surface area (TPSA) is 90.4 Å². The molecule has 0 aliphatic rings. The summed E-state index contributed by atoms with van der Waals surface area (Å²) in [6.07, 6.45) is -10.4. The number of hydrogen-bond donors (Lipinski definition) is 3. The Labute approximate surface area is 113 Å². The molecule has 0 fully saturated rings. The normalized spacial score (nSPS) is 12.1. The Kier molecular flexibility index (Phi) is 4.07. The second-order valence-corrected chi connectivity index (χ2v) is 3.72. The molecule has 0 aliphatic carbocycles. The van der Waals surface area contributed by atoms with Crippen molar-refractivity contribution in [2.45, 2.75) is 12.4 Å². The number of halogens is 6. The molecule has 21 heavy (non-hydrogen) atoms. The van der Waals surface area contributed by atoms with Gasteiger partial charge in [-0.05, 0) is 12.1 Å². The molecule has 0 radical (unpaired) electrons. The van der Waals surface area contributed by atoms with Crippen LogP contribution in [0.5, 0.6) is 5.75 Å². The van der Waals surface area contributed by atoms with E-state index in [-0.39, 0.29) is 23.4 Å². The zero-order valence-corrected chi connectivity index (χ0v) is 9.88. The van der Waals surface area contributed by atoms with Crippen molar-refractivity contribution in [3.8, 4) is 5.75 Å². The highest BCUT2D eigenvalue weighted by molar-refractivity contribution is 6.07. The molecule has 1 aromatic rings. The van der Waals surface area contributed by atoms with Crippen molar-refractivity contribution in [3.63, 3.8) is 0 Å². The molecular formula is C10H7F6N3O2. The molecule has 0 atom stereocenters. The van der Waals surface area contributed by atoms with Gasteiger partial charge in [-0.25, -0.2) is 4.79 Å². The van der Waals surface area contributed by atoms with Crippen LogP contribution in [0.2, 0.25) is 0 Å². The maximum absolute atomic E-state index is 12.6. The number of primary amides is 1. The predicted molar refractivity (Wildman–Crippen MR) is 59.0 cm³/mol. The first-order valence-corrected chi connectivity index (χ1v) is 5.00. The molecule has 0 spiro atoms. The minimum atomic E-state index is -5.30. The minimum Gasteiger partial charge on any atom is -0.505 e. The monoisotopic (exact) mass is 315 g/mol. The Bertz CT molecular complexity index is 581. The van der Waals surface area contributed by atoms with Gasteiger partial charge in [-0.2, -0.15) is 26.3 Å². The van der Waals surface area contributed by atoms with Crippen LogP contribution < -0.4 is 10.6 Å². The lowest BCUT2D eigenvalue weighted by Gasteiger charge is -2.21. The largest absolute Gasteiger partial charge is 0.505 e. The maximum atomic E-state index is 12.6. The van der Waals surface area contributed by atoms with Crippen molar-refractivity contribution in [1.29, 1.82) is 5.41 Å². The highest BCUT2D eigenvalue weighted by Gasteiger charge is 2.40. The number of carbonyl (C=O) groups excluding carboxylic acids is 1. The van der Waals surface area contributed by atoms with Crippen LogP contribution in [0.15, 0.2) is 12.1 Å². The van der Waals surface area contributed by atoms with E-state index in [0.717, 1.165) is 0 Å². The fourth-order valence-corrected chi connectivity index (χ4v) is 1.43. The van der Waals surface area contributed by atoms with E-state index < -0.39 is 40.9 Å². The lowest BCUT2D eigenvalue weighted by Crippen LogP contribution is -2.34.